The molecule has 10 heteroatoms. The lowest BCUT2D eigenvalue weighted by Gasteiger charge is -2.28. The highest BCUT2D eigenvalue weighted by atomic mass is 32.2. The number of nitrogens with one attached hydrogen (secondary N) is 1. The fourth-order valence-electron chi connectivity index (χ4n) is 2.34. The highest BCUT2D eigenvalue weighted by Gasteiger charge is 2.44. The molecule has 0 bridgehead atoms. The summed E-state index contributed by atoms with van der Waals surface area (Å²) in [6, 6.07) is 1.48. The van der Waals surface area contributed by atoms with E-state index in [4.69, 9.17) is 14.0 Å². The molecule has 2 heterocycles. The average Bonchev–Trinajstić information content (AvgIpc) is 3.04. The fourth-order valence-corrected chi connectivity index (χ4v) is 3.77. The lowest BCUT2D eigenvalue weighted by Crippen LogP contribution is -2.48. The number of rotatable bonds is 7. The molecule has 1 amide bonds. The molecule has 0 spiro atoms. The quantitative estimate of drug-likeness (QED) is 0.685. The van der Waals surface area contributed by atoms with Crippen LogP contribution in [0.3, 0.4) is 0 Å². The second kappa shape index (κ2) is 7.86. The van der Waals surface area contributed by atoms with Gasteiger partial charge in [0.2, 0.25) is 11.8 Å². The van der Waals surface area contributed by atoms with Crippen LogP contribution < -0.4 is 5.32 Å². The van der Waals surface area contributed by atoms with E-state index in [0.29, 0.717) is 18.9 Å². The van der Waals surface area contributed by atoms with Gasteiger partial charge in [0.25, 0.3) is 0 Å². The summed E-state index contributed by atoms with van der Waals surface area (Å²) < 4.78 is 39.4. The van der Waals surface area contributed by atoms with Crippen LogP contribution in [0.25, 0.3) is 0 Å². The van der Waals surface area contributed by atoms with Crippen molar-refractivity contribution in [1.82, 2.24) is 5.16 Å². The highest BCUT2D eigenvalue weighted by Crippen LogP contribution is 2.29. The first-order chi connectivity index (χ1) is 12.4. The molecule has 0 aliphatic carbocycles. The molecule has 0 aromatic carbocycles. The Morgan fingerprint density at radius 2 is 2.04 bits per heavy atom. The topological polar surface area (TPSA) is 128 Å². The molecular formula is C17H28N2O7S. The summed E-state index contributed by atoms with van der Waals surface area (Å²) in [6.07, 6.45) is -1.29. The maximum absolute atomic E-state index is 12.7. The second-order valence-electron chi connectivity index (χ2n) is 7.79. The lowest BCUT2D eigenvalue weighted by molar-refractivity contribution is -0.118. The van der Waals surface area contributed by atoms with Crippen LogP contribution in [-0.2, 0) is 29.5 Å². The van der Waals surface area contributed by atoms with E-state index >= 15 is 0 Å². The molecule has 0 saturated carbocycles. The summed E-state index contributed by atoms with van der Waals surface area (Å²) in [5.41, 5.74) is -0.243. The molecular weight excluding hydrogens is 376 g/mol. The van der Waals surface area contributed by atoms with Gasteiger partial charge in [0.05, 0.1) is 43.5 Å². The number of carbonyl (C=O) groups excluding carboxylic acids is 1. The van der Waals surface area contributed by atoms with Crippen LogP contribution >= 0.6 is 0 Å². The van der Waals surface area contributed by atoms with Crippen molar-refractivity contribution in [3.8, 4) is 0 Å². The highest BCUT2D eigenvalue weighted by molar-refractivity contribution is 7.93. The standard InChI is InChI=1S/C17H28N2O7S/c1-11(20)16(2,3)13-8-14(26-19-13)18-15(21)17(4,5)27(22,23)10-12-9-24-6-7-25-12/h8,11-12,20H,6-7,9-10H2,1-5H3,(H,18,21). The Bertz CT molecular complexity index is 762. The smallest absolute Gasteiger partial charge is 0.247 e. The molecule has 1 aliphatic rings. The van der Waals surface area contributed by atoms with Crippen molar-refractivity contribution in [3.63, 3.8) is 0 Å². The number of sulfone groups is 1. The van der Waals surface area contributed by atoms with Crippen LogP contribution in [-0.4, -0.2) is 67.1 Å². The van der Waals surface area contributed by atoms with E-state index < -0.39 is 38.1 Å². The van der Waals surface area contributed by atoms with Crippen LogP contribution in [0.5, 0.6) is 0 Å². The minimum absolute atomic E-state index is 0.0178. The number of nitrogens with zero attached hydrogens (tertiary/aromatic N) is 1. The summed E-state index contributed by atoms with van der Waals surface area (Å²) >= 11 is 0. The van der Waals surface area contributed by atoms with Gasteiger partial charge in [-0.3, -0.25) is 10.1 Å². The Morgan fingerprint density at radius 1 is 1.37 bits per heavy atom. The monoisotopic (exact) mass is 404 g/mol. The van der Waals surface area contributed by atoms with Gasteiger partial charge in [0.15, 0.2) is 9.84 Å². The van der Waals surface area contributed by atoms with E-state index in [-0.39, 0.29) is 18.2 Å². The zero-order valence-electron chi connectivity index (χ0n) is 16.3. The van der Waals surface area contributed by atoms with Gasteiger partial charge in [-0.1, -0.05) is 19.0 Å². The number of hydrogen-bond acceptors (Lipinski definition) is 8. The molecule has 27 heavy (non-hydrogen) atoms. The molecule has 1 aromatic heterocycles. The number of carbonyl (C=O) groups is 1. The molecule has 1 fully saturated rings. The van der Waals surface area contributed by atoms with E-state index in [1.807, 2.05) is 0 Å². The molecule has 0 radical (unpaired) electrons. The van der Waals surface area contributed by atoms with Crippen LogP contribution in [0, 0.1) is 0 Å². The molecule has 9 nitrogen and oxygen atoms in total. The van der Waals surface area contributed by atoms with E-state index in [0.717, 1.165) is 0 Å². The average molecular weight is 404 g/mol. The number of aliphatic hydroxyl groups excluding tert-OH is 1. The Labute approximate surface area is 159 Å². The Balaban J connectivity index is 2.10. The van der Waals surface area contributed by atoms with E-state index in [1.54, 1.807) is 20.8 Å². The Morgan fingerprint density at radius 3 is 2.59 bits per heavy atom. The van der Waals surface area contributed by atoms with Crippen molar-refractivity contribution < 1.29 is 32.3 Å². The summed E-state index contributed by atoms with van der Waals surface area (Å²) in [6.45, 7) is 8.78. The zero-order valence-corrected chi connectivity index (χ0v) is 17.1. The van der Waals surface area contributed by atoms with Gasteiger partial charge in [-0.25, -0.2) is 8.42 Å². The lowest BCUT2D eigenvalue weighted by atomic mass is 9.84. The molecule has 1 saturated heterocycles. The second-order valence-corrected chi connectivity index (χ2v) is 10.4. The van der Waals surface area contributed by atoms with Crippen LogP contribution in [0.4, 0.5) is 5.88 Å². The SMILES string of the molecule is CC(O)C(C)(C)c1cc(NC(=O)C(C)(C)S(=O)(=O)CC2COCCO2)on1. The van der Waals surface area contributed by atoms with Gasteiger partial charge >= 0.3 is 0 Å². The summed E-state index contributed by atoms with van der Waals surface area (Å²) in [5, 5.41) is 16.2. The molecule has 154 valence electrons. The first-order valence-corrected chi connectivity index (χ1v) is 10.4. The number of aliphatic hydroxyl groups is 1. The molecule has 2 unspecified atom stereocenters. The van der Waals surface area contributed by atoms with Gasteiger partial charge in [-0.05, 0) is 20.8 Å². The Kier molecular flexibility index (Phi) is 6.35. The molecule has 2 N–H and O–H groups in total. The van der Waals surface area contributed by atoms with Crippen LogP contribution in [0.1, 0.15) is 40.3 Å². The summed E-state index contributed by atoms with van der Waals surface area (Å²) in [5.74, 6) is -1.04. The van der Waals surface area contributed by atoms with Gasteiger partial charge in [-0.15, -0.1) is 0 Å². The predicted molar refractivity (Wildman–Crippen MR) is 98.3 cm³/mol. The molecule has 2 atom stereocenters. The fraction of sp³-hybridized carbons (Fsp3) is 0.765. The third kappa shape index (κ3) is 4.68. The first-order valence-electron chi connectivity index (χ1n) is 8.76. The van der Waals surface area contributed by atoms with Crippen LogP contribution in [0.2, 0.25) is 0 Å². The Hall–Kier alpha value is -1.49. The zero-order chi connectivity index (χ0) is 20.5. The largest absolute Gasteiger partial charge is 0.392 e. The minimum Gasteiger partial charge on any atom is -0.392 e. The van der Waals surface area contributed by atoms with E-state index in [9.17, 15) is 18.3 Å². The van der Waals surface area contributed by atoms with Gasteiger partial charge in [0.1, 0.15) is 4.75 Å². The van der Waals surface area contributed by atoms with Crippen molar-refractivity contribution in [3.05, 3.63) is 11.8 Å². The van der Waals surface area contributed by atoms with E-state index in [1.165, 1.54) is 19.9 Å². The van der Waals surface area contributed by atoms with Gasteiger partial charge in [-0.2, -0.15) is 0 Å². The van der Waals surface area contributed by atoms with E-state index in [2.05, 4.69) is 10.5 Å². The predicted octanol–water partition coefficient (Wildman–Crippen LogP) is 0.880. The minimum atomic E-state index is -3.83. The third-order valence-electron chi connectivity index (χ3n) is 5.07. The maximum atomic E-state index is 12.7. The number of ether oxygens (including phenoxy) is 2. The number of anilines is 1. The number of aromatic nitrogens is 1. The van der Waals surface area contributed by atoms with Crippen molar-refractivity contribution in [2.75, 3.05) is 30.9 Å². The van der Waals surface area contributed by atoms with Gasteiger partial charge in [0, 0.05) is 11.5 Å². The van der Waals surface area contributed by atoms with Crippen molar-refractivity contribution in [1.29, 1.82) is 0 Å². The molecule has 1 aliphatic heterocycles. The summed E-state index contributed by atoms with van der Waals surface area (Å²) in [4.78, 5) is 12.6. The third-order valence-corrected chi connectivity index (χ3v) is 7.62. The number of amides is 1. The maximum Gasteiger partial charge on any atom is 0.247 e. The van der Waals surface area contributed by atoms with Crippen molar-refractivity contribution >= 4 is 21.6 Å². The normalized spacial score (nSPS) is 20.3. The number of hydrogen-bond donors (Lipinski definition) is 2. The van der Waals surface area contributed by atoms with Crippen molar-refractivity contribution in [2.24, 2.45) is 0 Å². The molecule has 1 aromatic rings. The van der Waals surface area contributed by atoms with Crippen molar-refractivity contribution in [2.45, 2.75) is 57.0 Å². The molecule has 2 rings (SSSR count). The van der Waals surface area contributed by atoms with Gasteiger partial charge < -0.3 is 19.1 Å². The van der Waals surface area contributed by atoms with Crippen LogP contribution in [0.15, 0.2) is 10.6 Å². The first kappa shape index (κ1) is 21.8. The summed E-state index contributed by atoms with van der Waals surface area (Å²) in [7, 11) is -3.83.